The summed E-state index contributed by atoms with van der Waals surface area (Å²) in [6.45, 7) is 4.77. The van der Waals surface area contributed by atoms with E-state index in [1.807, 2.05) is 36.4 Å². The van der Waals surface area contributed by atoms with Gasteiger partial charge in [0.1, 0.15) is 6.61 Å². The van der Waals surface area contributed by atoms with E-state index in [-0.39, 0.29) is 5.91 Å². The lowest BCUT2D eigenvalue weighted by atomic mass is 10.1. The number of nitrogens with zero attached hydrogens (tertiary/aromatic N) is 2. The molecule has 0 unspecified atom stereocenters. The van der Waals surface area contributed by atoms with Crippen molar-refractivity contribution in [3.05, 3.63) is 65.3 Å². The number of hydrogen-bond donors (Lipinski definition) is 3. The molecule has 1 aromatic heterocycles. The van der Waals surface area contributed by atoms with E-state index in [9.17, 15) is 4.79 Å². The van der Waals surface area contributed by atoms with Gasteiger partial charge in [-0.2, -0.15) is 0 Å². The van der Waals surface area contributed by atoms with E-state index in [2.05, 4.69) is 25.8 Å². The minimum atomic E-state index is 0.000952. The van der Waals surface area contributed by atoms with Crippen LogP contribution in [0.5, 0.6) is 5.88 Å². The molecule has 0 aliphatic carbocycles. The van der Waals surface area contributed by atoms with E-state index >= 15 is 0 Å². The zero-order valence-corrected chi connectivity index (χ0v) is 21.5. The van der Waals surface area contributed by atoms with Crippen LogP contribution in [0.3, 0.4) is 0 Å². The Morgan fingerprint density at radius 2 is 1.91 bits per heavy atom. The molecule has 35 heavy (non-hydrogen) atoms. The molecule has 188 valence electrons. The molecule has 1 aromatic carbocycles. The summed E-state index contributed by atoms with van der Waals surface area (Å²) in [6.07, 6.45) is 10.6. The summed E-state index contributed by atoms with van der Waals surface area (Å²) in [5, 5.41) is 10.2. The SMILES string of the molecule is O=C(CCCNC(=S)Nc1ccc(Cl)cc1)NC/C=C\COc1cc(CN2CCCCC2)ccn1. The van der Waals surface area contributed by atoms with Gasteiger partial charge in [0.05, 0.1) is 0 Å². The number of carbonyl (C=O) groups excluding carboxylic acids is 1. The maximum absolute atomic E-state index is 12.0. The first-order chi connectivity index (χ1) is 17.1. The lowest BCUT2D eigenvalue weighted by Gasteiger charge is -2.26. The minimum absolute atomic E-state index is 0.000952. The number of likely N-dealkylation sites (tertiary alicyclic amines) is 1. The molecule has 0 atom stereocenters. The Morgan fingerprint density at radius 1 is 1.11 bits per heavy atom. The van der Waals surface area contributed by atoms with Gasteiger partial charge < -0.3 is 20.7 Å². The minimum Gasteiger partial charge on any atom is -0.473 e. The molecule has 1 aliphatic heterocycles. The molecule has 1 fully saturated rings. The number of pyridine rings is 1. The largest absolute Gasteiger partial charge is 0.473 e. The highest BCUT2D eigenvalue weighted by molar-refractivity contribution is 7.80. The average Bonchev–Trinajstić information content (AvgIpc) is 2.86. The second-order valence-corrected chi connectivity index (χ2v) is 9.26. The second-order valence-electron chi connectivity index (χ2n) is 8.42. The fraction of sp³-hybridized carbons (Fsp3) is 0.423. The highest BCUT2D eigenvalue weighted by atomic mass is 35.5. The number of carbonyl (C=O) groups is 1. The molecule has 2 heterocycles. The van der Waals surface area contributed by atoms with Crippen LogP contribution in [-0.2, 0) is 11.3 Å². The number of hydrogen-bond acceptors (Lipinski definition) is 5. The van der Waals surface area contributed by atoms with Crippen molar-refractivity contribution in [1.29, 1.82) is 0 Å². The van der Waals surface area contributed by atoms with Crippen molar-refractivity contribution in [2.45, 2.75) is 38.6 Å². The van der Waals surface area contributed by atoms with Crippen LogP contribution < -0.4 is 20.7 Å². The van der Waals surface area contributed by atoms with Crippen LogP contribution in [0.15, 0.2) is 54.7 Å². The third kappa shape index (κ3) is 11.1. The predicted molar refractivity (Wildman–Crippen MR) is 146 cm³/mol. The first kappa shape index (κ1) is 26.9. The van der Waals surface area contributed by atoms with Gasteiger partial charge in [-0.25, -0.2) is 4.98 Å². The van der Waals surface area contributed by atoms with Gasteiger partial charge in [0.25, 0.3) is 0 Å². The molecule has 1 aliphatic rings. The lowest BCUT2D eigenvalue weighted by molar-refractivity contribution is -0.120. The summed E-state index contributed by atoms with van der Waals surface area (Å²) in [5.74, 6) is 0.630. The van der Waals surface area contributed by atoms with Crippen molar-refractivity contribution in [2.24, 2.45) is 0 Å². The summed E-state index contributed by atoms with van der Waals surface area (Å²) < 4.78 is 5.73. The zero-order chi connectivity index (χ0) is 24.7. The van der Waals surface area contributed by atoms with Crippen molar-refractivity contribution in [1.82, 2.24) is 20.5 Å². The van der Waals surface area contributed by atoms with Gasteiger partial charge in [0.2, 0.25) is 11.8 Å². The van der Waals surface area contributed by atoms with Gasteiger partial charge in [0.15, 0.2) is 5.11 Å². The van der Waals surface area contributed by atoms with Crippen LogP contribution in [0.2, 0.25) is 5.02 Å². The van der Waals surface area contributed by atoms with Crippen molar-refractivity contribution < 1.29 is 9.53 Å². The first-order valence-electron chi connectivity index (χ1n) is 12.1. The number of rotatable bonds is 12. The number of amides is 1. The molecule has 0 spiro atoms. The van der Waals surface area contributed by atoms with E-state index in [0.29, 0.717) is 48.6 Å². The predicted octanol–water partition coefficient (Wildman–Crippen LogP) is 4.54. The van der Waals surface area contributed by atoms with Crippen LogP contribution in [0.4, 0.5) is 5.69 Å². The first-order valence-corrected chi connectivity index (χ1v) is 12.9. The van der Waals surface area contributed by atoms with E-state index in [0.717, 1.165) is 12.2 Å². The molecule has 7 nitrogen and oxygen atoms in total. The monoisotopic (exact) mass is 515 g/mol. The van der Waals surface area contributed by atoms with Gasteiger partial charge in [-0.15, -0.1) is 0 Å². The Kier molecular flexibility index (Phi) is 11.8. The van der Waals surface area contributed by atoms with Gasteiger partial charge in [-0.05, 0) is 86.5 Å². The third-order valence-corrected chi connectivity index (χ3v) is 6.03. The Hall–Kier alpha value is -2.68. The molecular formula is C26H34ClN5O2S. The van der Waals surface area contributed by atoms with Crippen molar-refractivity contribution in [2.75, 3.05) is 38.1 Å². The Morgan fingerprint density at radius 3 is 2.71 bits per heavy atom. The third-order valence-electron chi connectivity index (χ3n) is 5.53. The molecule has 0 radical (unpaired) electrons. The summed E-state index contributed by atoms with van der Waals surface area (Å²) in [5.41, 5.74) is 2.09. The normalized spacial score (nSPS) is 14.0. The van der Waals surface area contributed by atoms with E-state index < -0.39 is 0 Å². The molecule has 1 amide bonds. The molecule has 9 heteroatoms. The summed E-state index contributed by atoms with van der Waals surface area (Å²) in [4.78, 5) is 18.8. The van der Waals surface area contributed by atoms with Crippen molar-refractivity contribution >= 4 is 40.5 Å². The van der Waals surface area contributed by atoms with E-state index in [1.54, 1.807) is 18.3 Å². The lowest BCUT2D eigenvalue weighted by Crippen LogP contribution is -2.30. The van der Waals surface area contributed by atoms with Crippen LogP contribution in [-0.4, -0.2) is 53.7 Å². The summed E-state index contributed by atoms with van der Waals surface area (Å²) in [7, 11) is 0. The molecule has 1 saturated heterocycles. The Bertz CT molecular complexity index is 964. The van der Waals surface area contributed by atoms with Gasteiger partial charge in [-0.3, -0.25) is 9.69 Å². The molecule has 3 N–H and O–H groups in total. The number of thiocarbonyl (C=S) groups is 1. The number of aromatic nitrogens is 1. The van der Waals surface area contributed by atoms with Crippen LogP contribution in [0, 0.1) is 0 Å². The second kappa shape index (κ2) is 15.3. The van der Waals surface area contributed by atoms with E-state index in [1.165, 1.54) is 37.9 Å². The van der Waals surface area contributed by atoms with Crippen molar-refractivity contribution in [3.63, 3.8) is 0 Å². The Labute approximate surface area is 218 Å². The summed E-state index contributed by atoms with van der Waals surface area (Å²) >= 11 is 11.1. The van der Waals surface area contributed by atoms with E-state index in [4.69, 9.17) is 28.6 Å². The fourth-order valence-electron chi connectivity index (χ4n) is 3.71. The molecule has 3 rings (SSSR count). The standard InChI is InChI=1S/C26H34ClN5O2S/c27-22-8-10-23(11-9-22)31-26(35)30-14-6-7-24(33)28-13-2-5-18-34-25-19-21(12-15-29-25)20-32-16-3-1-4-17-32/h2,5,8-12,15,19H,1,3-4,6-7,13-14,16-18,20H2,(H,28,33)(H2,30,31,35)/b5-2-. The number of benzene rings is 1. The Balaban J connectivity index is 1.22. The maximum atomic E-state index is 12.0. The highest BCUT2D eigenvalue weighted by Gasteiger charge is 2.10. The van der Waals surface area contributed by atoms with Gasteiger partial charge in [0, 0.05) is 49.0 Å². The van der Waals surface area contributed by atoms with Crippen LogP contribution in [0.1, 0.15) is 37.7 Å². The zero-order valence-electron chi connectivity index (χ0n) is 20.0. The maximum Gasteiger partial charge on any atom is 0.220 e. The number of nitrogens with one attached hydrogen (secondary N) is 3. The van der Waals surface area contributed by atoms with Crippen LogP contribution >= 0.6 is 23.8 Å². The number of halogens is 1. The number of piperidine rings is 1. The van der Waals surface area contributed by atoms with Gasteiger partial charge >= 0.3 is 0 Å². The highest BCUT2D eigenvalue weighted by Crippen LogP contribution is 2.16. The number of ether oxygens (including phenoxy) is 1. The smallest absolute Gasteiger partial charge is 0.220 e. The average molecular weight is 516 g/mol. The quantitative estimate of drug-likeness (QED) is 0.217. The number of anilines is 1. The fourth-order valence-corrected chi connectivity index (χ4v) is 4.05. The van der Waals surface area contributed by atoms with Gasteiger partial charge in [-0.1, -0.05) is 24.1 Å². The van der Waals surface area contributed by atoms with Crippen molar-refractivity contribution in [3.8, 4) is 5.88 Å². The topological polar surface area (TPSA) is 78.5 Å². The molecular weight excluding hydrogens is 482 g/mol. The molecule has 0 saturated carbocycles. The molecule has 0 bridgehead atoms. The van der Waals surface area contributed by atoms with Crippen LogP contribution in [0.25, 0.3) is 0 Å². The molecule has 2 aromatic rings. The summed E-state index contributed by atoms with van der Waals surface area (Å²) in [6, 6.07) is 11.4.